The van der Waals surface area contributed by atoms with E-state index < -0.39 is 16.4 Å². The predicted octanol–water partition coefficient (Wildman–Crippen LogP) is 2.63. The van der Waals surface area contributed by atoms with Gasteiger partial charge in [-0.05, 0) is 35.8 Å². The van der Waals surface area contributed by atoms with Crippen molar-refractivity contribution < 1.29 is 14.8 Å². The molecule has 92 valence electrons. The normalized spacial score (nSPS) is 11.0. The fourth-order valence-electron chi connectivity index (χ4n) is 1.15. The molecule has 0 saturated heterocycles. The molecule has 0 fully saturated rings. The minimum atomic E-state index is -1.30. The number of hydrogen-bond acceptors (Lipinski definition) is 4. The molecule has 0 aliphatic heterocycles. The third-order valence-corrected chi connectivity index (χ3v) is 2.82. The van der Waals surface area contributed by atoms with E-state index in [0.717, 1.165) is 0 Å². The lowest BCUT2D eigenvalue weighted by molar-refractivity contribution is -0.384. The smallest absolute Gasteiger partial charge is 0.328 e. The highest BCUT2D eigenvalue weighted by Crippen LogP contribution is 2.34. The molecule has 2 N–H and O–H groups in total. The Kier molecular flexibility index (Phi) is 3.72. The van der Waals surface area contributed by atoms with Crippen molar-refractivity contribution >= 4 is 33.3 Å². The Labute approximate surface area is 106 Å². The van der Waals surface area contributed by atoms with Crippen LogP contribution < -0.4 is 5.32 Å². The zero-order valence-corrected chi connectivity index (χ0v) is 10.8. The standard InChI is InChI=1S/C10H11BrN2O4/c1-10(2,9(14)15)12-8-6(11)4-3-5-7(8)13(16)17/h3-5,12H,1-2H3,(H,14,15). The van der Waals surface area contributed by atoms with Crippen molar-refractivity contribution in [3.63, 3.8) is 0 Å². The van der Waals surface area contributed by atoms with E-state index in [4.69, 9.17) is 5.11 Å². The molecule has 6 nitrogen and oxygen atoms in total. The molecule has 0 saturated carbocycles. The van der Waals surface area contributed by atoms with Gasteiger partial charge in [0, 0.05) is 10.5 Å². The van der Waals surface area contributed by atoms with E-state index in [1.807, 2.05) is 0 Å². The fourth-order valence-corrected chi connectivity index (χ4v) is 1.61. The third kappa shape index (κ3) is 2.94. The average Bonchev–Trinajstić information content (AvgIpc) is 2.20. The first kappa shape index (κ1) is 13.4. The molecule has 7 heteroatoms. The first-order chi connectivity index (χ1) is 7.75. The summed E-state index contributed by atoms with van der Waals surface area (Å²) >= 11 is 3.16. The van der Waals surface area contributed by atoms with Crippen molar-refractivity contribution in [1.82, 2.24) is 0 Å². The summed E-state index contributed by atoms with van der Waals surface area (Å²) in [5.74, 6) is -1.09. The lowest BCUT2D eigenvalue weighted by atomic mass is 10.1. The van der Waals surface area contributed by atoms with E-state index >= 15 is 0 Å². The van der Waals surface area contributed by atoms with Crippen LogP contribution in [0.15, 0.2) is 22.7 Å². The Bertz CT molecular complexity index is 473. The van der Waals surface area contributed by atoms with Gasteiger partial charge in [0.2, 0.25) is 0 Å². The highest BCUT2D eigenvalue weighted by atomic mass is 79.9. The Morgan fingerprint density at radius 1 is 1.53 bits per heavy atom. The molecule has 0 aliphatic rings. The molecule has 1 rings (SSSR count). The van der Waals surface area contributed by atoms with Crippen LogP contribution in [0.25, 0.3) is 0 Å². The van der Waals surface area contributed by atoms with Gasteiger partial charge in [-0.15, -0.1) is 0 Å². The van der Waals surface area contributed by atoms with Gasteiger partial charge < -0.3 is 10.4 Å². The fraction of sp³-hybridized carbons (Fsp3) is 0.300. The maximum atomic E-state index is 11.0. The summed E-state index contributed by atoms with van der Waals surface area (Å²) in [7, 11) is 0. The van der Waals surface area contributed by atoms with Gasteiger partial charge in [0.05, 0.1) is 4.92 Å². The maximum Gasteiger partial charge on any atom is 0.328 e. The largest absolute Gasteiger partial charge is 0.480 e. The molecule has 0 amide bonds. The Morgan fingerprint density at radius 2 is 2.12 bits per heavy atom. The molecule has 17 heavy (non-hydrogen) atoms. The van der Waals surface area contributed by atoms with Gasteiger partial charge in [0.1, 0.15) is 11.2 Å². The summed E-state index contributed by atoms with van der Waals surface area (Å²) in [6, 6.07) is 4.43. The van der Waals surface area contributed by atoms with Crippen LogP contribution in [0.2, 0.25) is 0 Å². The van der Waals surface area contributed by atoms with E-state index in [1.165, 1.54) is 26.0 Å². The maximum absolute atomic E-state index is 11.0. The van der Waals surface area contributed by atoms with Gasteiger partial charge in [-0.2, -0.15) is 0 Å². The van der Waals surface area contributed by atoms with E-state index in [9.17, 15) is 14.9 Å². The number of nitro groups is 1. The van der Waals surface area contributed by atoms with Gasteiger partial charge in [-0.1, -0.05) is 6.07 Å². The monoisotopic (exact) mass is 302 g/mol. The molecule has 0 aliphatic carbocycles. The van der Waals surface area contributed by atoms with Gasteiger partial charge in [-0.3, -0.25) is 10.1 Å². The van der Waals surface area contributed by atoms with Gasteiger partial charge in [-0.25, -0.2) is 4.79 Å². The van der Waals surface area contributed by atoms with Crippen molar-refractivity contribution in [1.29, 1.82) is 0 Å². The summed E-state index contributed by atoms with van der Waals surface area (Å²) in [4.78, 5) is 21.2. The van der Waals surface area contributed by atoms with E-state index in [2.05, 4.69) is 21.2 Å². The van der Waals surface area contributed by atoms with Crippen LogP contribution in [0, 0.1) is 10.1 Å². The van der Waals surface area contributed by atoms with E-state index in [1.54, 1.807) is 6.07 Å². The number of nitrogens with zero attached hydrogens (tertiary/aromatic N) is 1. The molecule has 0 atom stereocenters. The number of nitro benzene ring substituents is 1. The Balaban J connectivity index is 3.22. The molecule has 0 heterocycles. The minimum Gasteiger partial charge on any atom is -0.480 e. The molecule has 0 aromatic heterocycles. The molecule has 0 bridgehead atoms. The van der Waals surface area contributed by atoms with Crippen molar-refractivity contribution in [2.24, 2.45) is 0 Å². The lowest BCUT2D eigenvalue weighted by Gasteiger charge is -2.22. The number of nitrogens with one attached hydrogen (secondary N) is 1. The van der Waals surface area contributed by atoms with Gasteiger partial charge in [0.15, 0.2) is 0 Å². The number of rotatable bonds is 4. The SMILES string of the molecule is CC(C)(Nc1c(Br)cccc1[N+](=O)[O-])C(=O)O. The number of carboxylic acids is 1. The Hall–Kier alpha value is -1.63. The summed E-state index contributed by atoms with van der Waals surface area (Å²) < 4.78 is 0.445. The molecule has 0 spiro atoms. The summed E-state index contributed by atoms with van der Waals surface area (Å²) in [5, 5.41) is 22.5. The first-order valence-electron chi connectivity index (χ1n) is 4.70. The molecule has 0 radical (unpaired) electrons. The van der Waals surface area contributed by atoms with Crippen LogP contribution in [-0.2, 0) is 4.79 Å². The van der Waals surface area contributed by atoms with Crippen LogP contribution in [0.4, 0.5) is 11.4 Å². The van der Waals surface area contributed by atoms with Crippen LogP contribution in [0.3, 0.4) is 0 Å². The molecule has 1 aromatic rings. The van der Waals surface area contributed by atoms with Crippen molar-refractivity contribution in [3.8, 4) is 0 Å². The van der Waals surface area contributed by atoms with Crippen LogP contribution in [-0.4, -0.2) is 21.5 Å². The van der Waals surface area contributed by atoms with E-state index in [-0.39, 0.29) is 11.4 Å². The highest BCUT2D eigenvalue weighted by molar-refractivity contribution is 9.10. The number of benzene rings is 1. The average molecular weight is 303 g/mol. The van der Waals surface area contributed by atoms with Crippen molar-refractivity contribution in [2.45, 2.75) is 19.4 Å². The summed E-state index contributed by atoms with van der Waals surface area (Å²) in [6.07, 6.45) is 0. The predicted molar refractivity (Wildman–Crippen MR) is 66.1 cm³/mol. The second-order valence-electron chi connectivity index (χ2n) is 3.95. The number of aliphatic carboxylic acids is 1. The zero-order chi connectivity index (χ0) is 13.2. The van der Waals surface area contributed by atoms with Crippen LogP contribution >= 0.6 is 15.9 Å². The third-order valence-electron chi connectivity index (χ3n) is 2.16. The van der Waals surface area contributed by atoms with Crippen LogP contribution in [0.5, 0.6) is 0 Å². The number of anilines is 1. The second-order valence-corrected chi connectivity index (χ2v) is 4.80. The number of carbonyl (C=O) groups is 1. The van der Waals surface area contributed by atoms with E-state index in [0.29, 0.717) is 4.47 Å². The quantitative estimate of drug-likeness (QED) is 0.659. The number of hydrogen-bond donors (Lipinski definition) is 2. The zero-order valence-electron chi connectivity index (χ0n) is 9.23. The number of para-hydroxylation sites is 1. The molecule has 1 aromatic carbocycles. The lowest BCUT2D eigenvalue weighted by Crippen LogP contribution is -2.40. The summed E-state index contributed by atoms with van der Waals surface area (Å²) in [6.45, 7) is 2.86. The molecule has 0 unspecified atom stereocenters. The topological polar surface area (TPSA) is 92.5 Å². The summed E-state index contributed by atoms with van der Waals surface area (Å²) in [5.41, 5.74) is -1.31. The van der Waals surface area contributed by atoms with Crippen molar-refractivity contribution in [2.75, 3.05) is 5.32 Å². The molecular weight excluding hydrogens is 292 g/mol. The Morgan fingerprint density at radius 3 is 2.59 bits per heavy atom. The molecular formula is C10H11BrN2O4. The minimum absolute atomic E-state index is 0.157. The number of halogens is 1. The second kappa shape index (κ2) is 4.70. The van der Waals surface area contributed by atoms with Crippen molar-refractivity contribution in [3.05, 3.63) is 32.8 Å². The van der Waals surface area contributed by atoms with Gasteiger partial charge >= 0.3 is 5.97 Å². The van der Waals surface area contributed by atoms with Crippen LogP contribution in [0.1, 0.15) is 13.8 Å². The number of carboxylic acid groups (broad SMARTS) is 1. The first-order valence-corrected chi connectivity index (χ1v) is 5.49. The van der Waals surface area contributed by atoms with Gasteiger partial charge in [0.25, 0.3) is 5.69 Å². The highest BCUT2D eigenvalue weighted by Gasteiger charge is 2.30.